The number of fused-ring (bicyclic) bond motifs is 1. The van der Waals surface area contributed by atoms with E-state index >= 15 is 0 Å². The Morgan fingerprint density at radius 1 is 1.30 bits per heavy atom. The highest BCUT2D eigenvalue weighted by Gasteiger charge is 2.45. The molecule has 0 radical (unpaired) electrons. The zero-order valence-corrected chi connectivity index (χ0v) is 6.64. The predicted molar refractivity (Wildman–Crippen MR) is 40.1 cm³/mol. The van der Waals surface area contributed by atoms with Crippen LogP contribution in [0.3, 0.4) is 0 Å². The second-order valence-corrected chi connectivity index (χ2v) is 3.19. The molecule has 58 valence electrons. The highest BCUT2D eigenvalue weighted by molar-refractivity contribution is 7.80. The number of ether oxygens (including phenoxy) is 2. The van der Waals surface area contributed by atoms with Crippen molar-refractivity contribution in [2.75, 3.05) is 32.4 Å². The highest BCUT2D eigenvalue weighted by Crippen LogP contribution is 2.28. The molecule has 0 unspecified atom stereocenters. The van der Waals surface area contributed by atoms with Crippen molar-refractivity contribution in [2.45, 2.75) is 5.54 Å². The molecule has 2 rings (SSSR count). The largest absolute Gasteiger partial charge is 0.364 e. The third-order valence-electron chi connectivity index (χ3n) is 2.20. The summed E-state index contributed by atoms with van der Waals surface area (Å²) in [5, 5.41) is 0. The van der Waals surface area contributed by atoms with Crippen LogP contribution in [0.15, 0.2) is 0 Å². The molecule has 10 heavy (non-hydrogen) atoms. The van der Waals surface area contributed by atoms with Crippen molar-refractivity contribution in [1.82, 2.24) is 4.90 Å². The van der Waals surface area contributed by atoms with Gasteiger partial charge in [0.05, 0.1) is 18.8 Å². The first-order valence-corrected chi connectivity index (χ1v) is 4.02. The number of hydrogen-bond donors (Lipinski definition) is 1. The van der Waals surface area contributed by atoms with E-state index in [0.29, 0.717) is 13.5 Å². The number of nitrogens with zero attached hydrogens (tertiary/aromatic N) is 1. The van der Waals surface area contributed by atoms with Gasteiger partial charge in [-0.15, -0.1) is 0 Å². The first-order chi connectivity index (χ1) is 4.87. The van der Waals surface area contributed by atoms with E-state index in [1.54, 1.807) is 0 Å². The lowest BCUT2D eigenvalue weighted by Gasteiger charge is -2.24. The second kappa shape index (κ2) is 2.37. The Morgan fingerprint density at radius 3 is 2.30 bits per heavy atom. The van der Waals surface area contributed by atoms with Crippen LogP contribution in [0.25, 0.3) is 0 Å². The van der Waals surface area contributed by atoms with Gasteiger partial charge in [0.25, 0.3) is 0 Å². The Bertz CT molecular complexity index is 132. The van der Waals surface area contributed by atoms with Gasteiger partial charge < -0.3 is 9.47 Å². The second-order valence-electron chi connectivity index (χ2n) is 2.88. The molecule has 2 aliphatic heterocycles. The minimum Gasteiger partial charge on any atom is -0.364 e. The van der Waals surface area contributed by atoms with Gasteiger partial charge in [-0.2, -0.15) is 12.6 Å². The Labute approximate surface area is 65.7 Å². The van der Waals surface area contributed by atoms with Gasteiger partial charge in [-0.25, -0.2) is 4.90 Å². The standard InChI is InChI=1S/C6H11NO2S/c10-3-6-1-8-4-7(6)5-9-2-6/h10H,1-5H2. The summed E-state index contributed by atoms with van der Waals surface area (Å²) in [5.74, 6) is 0.826. The first-order valence-electron chi connectivity index (χ1n) is 3.39. The van der Waals surface area contributed by atoms with Gasteiger partial charge in [0.1, 0.15) is 13.5 Å². The van der Waals surface area contributed by atoms with E-state index in [9.17, 15) is 0 Å². The summed E-state index contributed by atoms with van der Waals surface area (Å²) in [7, 11) is 0. The molecule has 3 nitrogen and oxygen atoms in total. The Hall–Kier alpha value is 0.230. The van der Waals surface area contributed by atoms with Crippen LogP contribution in [-0.4, -0.2) is 42.9 Å². The summed E-state index contributed by atoms with van der Waals surface area (Å²) in [4.78, 5) is 2.19. The van der Waals surface area contributed by atoms with E-state index in [0.717, 1.165) is 19.0 Å². The summed E-state index contributed by atoms with van der Waals surface area (Å²) in [5.41, 5.74) is 0.100. The molecule has 0 aromatic rings. The molecule has 2 saturated heterocycles. The molecule has 2 aliphatic rings. The molecule has 0 N–H and O–H groups in total. The van der Waals surface area contributed by atoms with Crippen LogP contribution in [0.5, 0.6) is 0 Å². The minimum absolute atomic E-state index is 0.100. The third-order valence-corrected chi connectivity index (χ3v) is 2.79. The van der Waals surface area contributed by atoms with Crippen LogP contribution in [0, 0.1) is 0 Å². The summed E-state index contributed by atoms with van der Waals surface area (Å²) >= 11 is 4.28. The predicted octanol–water partition coefficient (Wildman–Crippen LogP) is -0.0676. The van der Waals surface area contributed by atoms with E-state index in [2.05, 4.69) is 17.5 Å². The van der Waals surface area contributed by atoms with Crippen molar-refractivity contribution in [1.29, 1.82) is 0 Å². The fourth-order valence-corrected chi connectivity index (χ4v) is 1.80. The number of rotatable bonds is 1. The van der Waals surface area contributed by atoms with Gasteiger partial charge in [0.15, 0.2) is 0 Å². The SMILES string of the molecule is SCC12COCN1COC2. The molecule has 0 saturated carbocycles. The van der Waals surface area contributed by atoms with Gasteiger partial charge in [0, 0.05) is 5.75 Å². The van der Waals surface area contributed by atoms with Crippen molar-refractivity contribution in [3.63, 3.8) is 0 Å². The lowest BCUT2D eigenvalue weighted by atomic mass is 10.1. The molecule has 0 spiro atoms. The Morgan fingerprint density at radius 2 is 1.90 bits per heavy atom. The Kier molecular flexibility index (Phi) is 1.64. The van der Waals surface area contributed by atoms with Crippen molar-refractivity contribution in [3.05, 3.63) is 0 Å². The molecule has 0 aromatic heterocycles. The average molecular weight is 161 g/mol. The number of thiol groups is 1. The molecule has 4 heteroatoms. The van der Waals surface area contributed by atoms with Crippen molar-refractivity contribution < 1.29 is 9.47 Å². The van der Waals surface area contributed by atoms with E-state index in [1.165, 1.54) is 0 Å². The molecule has 2 fully saturated rings. The smallest absolute Gasteiger partial charge is 0.101 e. The average Bonchev–Trinajstić information content (AvgIpc) is 2.42. The van der Waals surface area contributed by atoms with Gasteiger partial charge in [-0.1, -0.05) is 0 Å². The highest BCUT2D eigenvalue weighted by atomic mass is 32.1. The van der Waals surface area contributed by atoms with E-state index < -0.39 is 0 Å². The normalized spacial score (nSPS) is 30.9. The molecule has 0 atom stereocenters. The quantitative estimate of drug-likeness (QED) is 0.544. The lowest BCUT2D eigenvalue weighted by Crippen LogP contribution is -2.44. The van der Waals surface area contributed by atoms with Gasteiger partial charge >= 0.3 is 0 Å². The van der Waals surface area contributed by atoms with Crippen molar-refractivity contribution in [2.24, 2.45) is 0 Å². The summed E-state index contributed by atoms with van der Waals surface area (Å²) in [6.07, 6.45) is 0. The fraction of sp³-hybridized carbons (Fsp3) is 1.00. The van der Waals surface area contributed by atoms with Crippen LogP contribution in [0.2, 0.25) is 0 Å². The molecule has 0 bridgehead atoms. The molecule has 0 aliphatic carbocycles. The van der Waals surface area contributed by atoms with E-state index in [4.69, 9.17) is 9.47 Å². The zero-order chi connectivity index (χ0) is 7.03. The van der Waals surface area contributed by atoms with E-state index in [-0.39, 0.29) is 5.54 Å². The van der Waals surface area contributed by atoms with Crippen LogP contribution >= 0.6 is 12.6 Å². The molecular weight excluding hydrogens is 150 g/mol. The molecule has 0 amide bonds. The van der Waals surface area contributed by atoms with Crippen molar-refractivity contribution >= 4 is 12.6 Å². The van der Waals surface area contributed by atoms with Crippen molar-refractivity contribution in [3.8, 4) is 0 Å². The Balaban J connectivity index is 2.15. The molecule has 2 heterocycles. The van der Waals surface area contributed by atoms with Gasteiger partial charge in [-0.3, -0.25) is 0 Å². The van der Waals surface area contributed by atoms with Crippen LogP contribution < -0.4 is 0 Å². The molecule has 0 aromatic carbocycles. The van der Waals surface area contributed by atoms with E-state index in [1.807, 2.05) is 0 Å². The zero-order valence-electron chi connectivity index (χ0n) is 5.75. The van der Waals surface area contributed by atoms with Crippen LogP contribution in [-0.2, 0) is 9.47 Å². The monoisotopic (exact) mass is 161 g/mol. The first kappa shape index (κ1) is 6.91. The van der Waals surface area contributed by atoms with Gasteiger partial charge in [0.2, 0.25) is 0 Å². The van der Waals surface area contributed by atoms with Gasteiger partial charge in [-0.05, 0) is 0 Å². The van der Waals surface area contributed by atoms with Crippen LogP contribution in [0.1, 0.15) is 0 Å². The topological polar surface area (TPSA) is 21.7 Å². The minimum atomic E-state index is 0.100. The lowest BCUT2D eigenvalue weighted by molar-refractivity contribution is 0.0696. The summed E-state index contributed by atoms with van der Waals surface area (Å²) < 4.78 is 10.6. The fourth-order valence-electron chi connectivity index (χ4n) is 1.42. The summed E-state index contributed by atoms with van der Waals surface area (Å²) in [6.45, 7) is 2.97. The number of hydrogen-bond acceptors (Lipinski definition) is 4. The maximum atomic E-state index is 5.30. The van der Waals surface area contributed by atoms with Crippen LogP contribution in [0.4, 0.5) is 0 Å². The summed E-state index contributed by atoms with van der Waals surface area (Å²) in [6, 6.07) is 0. The third kappa shape index (κ3) is 0.797. The molecular formula is C6H11NO2S. The maximum Gasteiger partial charge on any atom is 0.101 e. The maximum absolute atomic E-state index is 5.30.